The maximum atomic E-state index is 13.3. The first-order valence-electron chi connectivity index (χ1n) is 4.56. The molecule has 8 heteroatoms. The largest absolute Gasteiger partial charge is 0.319 e. The zero-order valence-corrected chi connectivity index (χ0v) is 10.7. The molecule has 2 aromatic rings. The van der Waals surface area contributed by atoms with Crippen molar-refractivity contribution in [3.05, 3.63) is 45.3 Å². The van der Waals surface area contributed by atoms with Gasteiger partial charge in [0.15, 0.2) is 23.3 Å². The Bertz CT molecular complexity index is 562. The molecule has 1 heterocycles. The van der Waals surface area contributed by atoms with E-state index in [9.17, 15) is 17.6 Å². The van der Waals surface area contributed by atoms with E-state index >= 15 is 0 Å². The second-order valence-corrected chi connectivity index (χ2v) is 4.44. The SMILES string of the molecule is Fc1cc(F)c(F)c(Nc2ncc(I)cn2)c1F. The van der Waals surface area contributed by atoms with Crippen LogP contribution in [0.5, 0.6) is 0 Å². The summed E-state index contributed by atoms with van der Waals surface area (Å²) in [6, 6.07) is 0.130. The third-order valence-corrected chi connectivity index (χ3v) is 2.53. The molecule has 1 aromatic heterocycles. The van der Waals surface area contributed by atoms with Gasteiger partial charge in [-0.2, -0.15) is 0 Å². The van der Waals surface area contributed by atoms with Gasteiger partial charge in [-0.25, -0.2) is 27.5 Å². The number of anilines is 2. The van der Waals surface area contributed by atoms with Crippen LogP contribution in [-0.4, -0.2) is 9.97 Å². The first-order chi connectivity index (χ1) is 8.49. The molecular weight excluding hydrogens is 365 g/mol. The molecule has 0 aliphatic rings. The van der Waals surface area contributed by atoms with E-state index in [1.165, 1.54) is 12.4 Å². The van der Waals surface area contributed by atoms with Crippen molar-refractivity contribution in [2.24, 2.45) is 0 Å². The predicted molar refractivity (Wildman–Crippen MR) is 64.3 cm³/mol. The van der Waals surface area contributed by atoms with Crippen LogP contribution in [0.15, 0.2) is 18.5 Å². The third-order valence-electron chi connectivity index (χ3n) is 1.97. The van der Waals surface area contributed by atoms with E-state index < -0.39 is 29.0 Å². The van der Waals surface area contributed by atoms with Crippen molar-refractivity contribution < 1.29 is 17.6 Å². The molecule has 0 atom stereocenters. The molecule has 1 aromatic carbocycles. The highest BCUT2D eigenvalue weighted by Gasteiger charge is 2.19. The molecule has 0 saturated carbocycles. The minimum atomic E-state index is -1.53. The molecule has 0 radical (unpaired) electrons. The summed E-state index contributed by atoms with van der Waals surface area (Å²) < 4.78 is 53.2. The monoisotopic (exact) mass is 369 g/mol. The molecule has 18 heavy (non-hydrogen) atoms. The number of hydrogen-bond acceptors (Lipinski definition) is 3. The molecule has 94 valence electrons. The topological polar surface area (TPSA) is 37.8 Å². The van der Waals surface area contributed by atoms with Crippen LogP contribution in [0.25, 0.3) is 0 Å². The number of rotatable bonds is 2. The molecule has 0 unspecified atom stereocenters. The normalized spacial score (nSPS) is 10.5. The van der Waals surface area contributed by atoms with Crippen LogP contribution < -0.4 is 5.32 Å². The average Bonchev–Trinajstić information content (AvgIpc) is 2.34. The molecule has 1 N–H and O–H groups in total. The Morgan fingerprint density at radius 1 is 0.944 bits per heavy atom. The summed E-state index contributed by atoms with van der Waals surface area (Å²) in [4.78, 5) is 7.41. The zero-order chi connectivity index (χ0) is 13.3. The lowest BCUT2D eigenvalue weighted by atomic mass is 10.2. The van der Waals surface area contributed by atoms with E-state index in [-0.39, 0.29) is 12.0 Å². The highest BCUT2D eigenvalue weighted by atomic mass is 127. The van der Waals surface area contributed by atoms with E-state index in [1.807, 2.05) is 22.6 Å². The lowest BCUT2D eigenvalue weighted by Gasteiger charge is -2.08. The van der Waals surface area contributed by atoms with E-state index in [1.54, 1.807) is 0 Å². The number of nitrogens with one attached hydrogen (secondary N) is 1. The van der Waals surface area contributed by atoms with Gasteiger partial charge < -0.3 is 5.32 Å². The third kappa shape index (κ3) is 2.52. The molecule has 0 saturated heterocycles. The van der Waals surface area contributed by atoms with Gasteiger partial charge in [-0.15, -0.1) is 0 Å². The van der Waals surface area contributed by atoms with Gasteiger partial charge >= 0.3 is 0 Å². The molecule has 2 rings (SSSR count). The summed E-state index contributed by atoms with van der Waals surface area (Å²) in [5, 5.41) is 2.09. The van der Waals surface area contributed by atoms with E-state index in [0.29, 0.717) is 3.57 Å². The van der Waals surface area contributed by atoms with E-state index in [4.69, 9.17) is 0 Å². The number of nitrogens with zero attached hydrogens (tertiary/aromatic N) is 2. The maximum absolute atomic E-state index is 13.3. The Labute approximate surface area is 112 Å². The van der Waals surface area contributed by atoms with Crippen molar-refractivity contribution in [1.82, 2.24) is 9.97 Å². The molecule has 0 aliphatic heterocycles. The lowest BCUT2D eigenvalue weighted by molar-refractivity contribution is 0.459. The molecule has 0 aliphatic carbocycles. The predicted octanol–water partition coefficient (Wildman–Crippen LogP) is 3.38. The van der Waals surface area contributed by atoms with E-state index in [2.05, 4.69) is 15.3 Å². The van der Waals surface area contributed by atoms with Gasteiger partial charge in [-0.1, -0.05) is 0 Å². The zero-order valence-electron chi connectivity index (χ0n) is 8.52. The number of benzene rings is 1. The Morgan fingerprint density at radius 3 is 1.94 bits per heavy atom. The van der Waals surface area contributed by atoms with Crippen LogP contribution in [0.2, 0.25) is 0 Å². The molecule has 0 spiro atoms. The molecule has 3 nitrogen and oxygen atoms in total. The highest BCUT2D eigenvalue weighted by molar-refractivity contribution is 14.1. The Balaban J connectivity index is 2.42. The second kappa shape index (κ2) is 5.04. The summed E-state index contributed by atoms with van der Waals surface area (Å²) in [7, 11) is 0. The summed E-state index contributed by atoms with van der Waals surface area (Å²) in [6.45, 7) is 0. The quantitative estimate of drug-likeness (QED) is 0.501. The van der Waals surface area contributed by atoms with Crippen molar-refractivity contribution >= 4 is 34.2 Å². The Morgan fingerprint density at radius 2 is 1.44 bits per heavy atom. The fourth-order valence-corrected chi connectivity index (χ4v) is 1.45. The highest BCUT2D eigenvalue weighted by Crippen LogP contribution is 2.26. The van der Waals surface area contributed by atoms with Gasteiger partial charge in [0.05, 0.1) is 0 Å². The van der Waals surface area contributed by atoms with Gasteiger partial charge in [0.25, 0.3) is 0 Å². The Kier molecular flexibility index (Phi) is 3.64. The lowest BCUT2D eigenvalue weighted by Crippen LogP contribution is -2.05. The van der Waals surface area contributed by atoms with Crippen LogP contribution >= 0.6 is 22.6 Å². The summed E-state index contributed by atoms with van der Waals surface area (Å²) in [5.74, 6) is -6.23. The van der Waals surface area contributed by atoms with Gasteiger partial charge in [0.1, 0.15) is 5.69 Å². The number of halogens is 5. The first-order valence-corrected chi connectivity index (χ1v) is 5.64. The Hall–Kier alpha value is -1.45. The van der Waals surface area contributed by atoms with Crippen molar-refractivity contribution in [1.29, 1.82) is 0 Å². The number of hydrogen-bond donors (Lipinski definition) is 1. The van der Waals surface area contributed by atoms with Crippen LogP contribution in [0.4, 0.5) is 29.2 Å². The van der Waals surface area contributed by atoms with Crippen molar-refractivity contribution in [2.45, 2.75) is 0 Å². The second-order valence-electron chi connectivity index (χ2n) is 3.19. The average molecular weight is 369 g/mol. The summed E-state index contributed by atoms with van der Waals surface area (Å²) in [5.41, 5.74) is -0.964. The fraction of sp³-hybridized carbons (Fsp3) is 0. The molecular formula is C10H4F4IN3. The minimum absolute atomic E-state index is 0.130. The van der Waals surface area contributed by atoms with Crippen molar-refractivity contribution in [3.8, 4) is 0 Å². The van der Waals surface area contributed by atoms with Gasteiger partial charge in [-0.05, 0) is 22.6 Å². The smallest absolute Gasteiger partial charge is 0.227 e. The fourth-order valence-electron chi connectivity index (χ4n) is 1.17. The van der Waals surface area contributed by atoms with Crippen LogP contribution in [-0.2, 0) is 0 Å². The van der Waals surface area contributed by atoms with E-state index in [0.717, 1.165) is 0 Å². The standard InChI is InChI=1S/C10H4F4IN3/c11-5-1-6(12)8(14)9(7(5)13)18-10-16-2-4(15)3-17-10/h1-3H,(H,16,17,18). The molecule has 0 fully saturated rings. The van der Waals surface area contributed by atoms with Crippen LogP contribution in [0, 0.1) is 26.8 Å². The van der Waals surface area contributed by atoms with Crippen molar-refractivity contribution in [2.75, 3.05) is 5.32 Å². The number of aromatic nitrogens is 2. The molecule has 0 bridgehead atoms. The molecule has 0 amide bonds. The van der Waals surface area contributed by atoms with Crippen LogP contribution in [0.3, 0.4) is 0 Å². The maximum Gasteiger partial charge on any atom is 0.227 e. The van der Waals surface area contributed by atoms with Gasteiger partial charge in [0.2, 0.25) is 5.95 Å². The summed E-state index contributed by atoms with van der Waals surface area (Å²) in [6.07, 6.45) is 2.75. The minimum Gasteiger partial charge on any atom is -0.319 e. The van der Waals surface area contributed by atoms with Crippen molar-refractivity contribution in [3.63, 3.8) is 0 Å². The van der Waals surface area contributed by atoms with Gasteiger partial charge in [0, 0.05) is 22.0 Å². The van der Waals surface area contributed by atoms with Gasteiger partial charge in [-0.3, -0.25) is 0 Å². The first kappa shape index (κ1) is 13.0. The summed E-state index contributed by atoms with van der Waals surface area (Å²) >= 11 is 1.93. The van der Waals surface area contributed by atoms with Crippen LogP contribution in [0.1, 0.15) is 0 Å².